The monoisotopic (exact) mass is 341 g/mol. The number of aryl methyl sites for hydroxylation is 1. The van der Waals surface area contributed by atoms with Crippen molar-refractivity contribution in [2.45, 2.75) is 32.9 Å². The van der Waals surface area contributed by atoms with Crippen molar-refractivity contribution in [2.24, 2.45) is 0 Å². The second-order valence-electron chi connectivity index (χ2n) is 5.88. The summed E-state index contributed by atoms with van der Waals surface area (Å²) < 4.78 is 10.6. The van der Waals surface area contributed by atoms with Gasteiger partial charge in [0.1, 0.15) is 5.75 Å². The Hall–Kier alpha value is -2.82. The molecule has 5 heteroatoms. The molecule has 0 aliphatic rings. The Kier molecular flexibility index (Phi) is 6.57. The van der Waals surface area contributed by atoms with Gasteiger partial charge >= 0.3 is 5.97 Å². The predicted octanol–water partition coefficient (Wildman–Crippen LogP) is 3.18. The van der Waals surface area contributed by atoms with Crippen LogP contribution in [0.4, 0.5) is 0 Å². The first-order valence-corrected chi connectivity index (χ1v) is 8.20. The Morgan fingerprint density at radius 2 is 1.76 bits per heavy atom. The fraction of sp³-hybridized carbons (Fsp3) is 0.300. The molecule has 2 rings (SSSR count). The first-order chi connectivity index (χ1) is 12.0. The number of nitrogens with one attached hydrogen (secondary N) is 1. The summed E-state index contributed by atoms with van der Waals surface area (Å²) in [5, 5.41) is 2.79. The van der Waals surface area contributed by atoms with Gasteiger partial charge in [-0.3, -0.25) is 4.79 Å². The SMILES string of the molecule is Cc1cccc(O[C@H](C)C(=O)OCC(=O)N[C@H](C)c2ccccc2)c1. The van der Waals surface area contributed by atoms with E-state index in [0.29, 0.717) is 5.75 Å². The number of hydrogen-bond acceptors (Lipinski definition) is 4. The summed E-state index contributed by atoms with van der Waals surface area (Å²) in [5.74, 6) is -0.344. The number of hydrogen-bond donors (Lipinski definition) is 1. The van der Waals surface area contributed by atoms with Crippen LogP contribution in [-0.4, -0.2) is 24.6 Å². The molecule has 0 radical (unpaired) electrons. The van der Waals surface area contributed by atoms with Crippen LogP contribution >= 0.6 is 0 Å². The van der Waals surface area contributed by atoms with Crippen molar-refractivity contribution in [3.8, 4) is 5.75 Å². The Bertz CT molecular complexity index is 715. The first kappa shape index (κ1) is 18.5. The molecular weight excluding hydrogens is 318 g/mol. The number of benzene rings is 2. The van der Waals surface area contributed by atoms with Crippen LogP contribution in [0, 0.1) is 6.92 Å². The number of carbonyl (C=O) groups excluding carboxylic acids is 2. The summed E-state index contributed by atoms with van der Waals surface area (Å²) >= 11 is 0. The maximum Gasteiger partial charge on any atom is 0.347 e. The summed E-state index contributed by atoms with van der Waals surface area (Å²) in [5.41, 5.74) is 2.02. The van der Waals surface area contributed by atoms with E-state index in [2.05, 4.69) is 5.32 Å². The average molecular weight is 341 g/mol. The molecule has 2 aromatic rings. The largest absolute Gasteiger partial charge is 0.479 e. The quantitative estimate of drug-likeness (QED) is 0.786. The van der Waals surface area contributed by atoms with E-state index in [1.54, 1.807) is 13.0 Å². The van der Waals surface area contributed by atoms with Crippen molar-refractivity contribution in [3.05, 3.63) is 65.7 Å². The normalized spacial score (nSPS) is 12.8. The number of amides is 1. The van der Waals surface area contributed by atoms with Gasteiger partial charge in [-0.15, -0.1) is 0 Å². The van der Waals surface area contributed by atoms with E-state index >= 15 is 0 Å². The van der Waals surface area contributed by atoms with Crippen molar-refractivity contribution < 1.29 is 19.1 Å². The molecule has 0 heterocycles. The standard InChI is InChI=1S/C20H23NO4/c1-14-8-7-11-18(12-14)25-16(3)20(23)24-13-19(22)21-15(2)17-9-5-4-6-10-17/h4-12,15-16H,13H2,1-3H3,(H,21,22)/t15-,16-/m1/s1. The molecule has 0 fully saturated rings. The Morgan fingerprint density at radius 3 is 2.44 bits per heavy atom. The zero-order valence-electron chi connectivity index (χ0n) is 14.7. The van der Waals surface area contributed by atoms with Crippen LogP contribution in [0.2, 0.25) is 0 Å². The molecule has 0 aliphatic heterocycles. The second-order valence-corrected chi connectivity index (χ2v) is 5.88. The smallest absolute Gasteiger partial charge is 0.347 e. The van der Waals surface area contributed by atoms with Crippen LogP contribution in [0.1, 0.15) is 31.0 Å². The van der Waals surface area contributed by atoms with Crippen LogP contribution in [0.3, 0.4) is 0 Å². The van der Waals surface area contributed by atoms with Crippen molar-refractivity contribution in [1.82, 2.24) is 5.32 Å². The van der Waals surface area contributed by atoms with Gasteiger partial charge in [0, 0.05) is 0 Å². The molecule has 2 atom stereocenters. The Morgan fingerprint density at radius 1 is 1.04 bits per heavy atom. The lowest BCUT2D eigenvalue weighted by molar-refractivity contribution is -0.154. The summed E-state index contributed by atoms with van der Waals surface area (Å²) in [7, 11) is 0. The summed E-state index contributed by atoms with van der Waals surface area (Å²) in [6.45, 7) is 5.07. The van der Waals surface area contributed by atoms with Crippen molar-refractivity contribution in [2.75, 3.05) is 6.61 Å². The van der Waals surface area contributed by atoms with Gasteiger partial charge in [-0.05, 0) is 44.0 Å². The van der Waals surface area contributed by atoms with E-state index in [-0.39, 0.29) is 18.6 Å². The fourth-order valence-corrected chi connectivity index (χ4v) is 2.30. The summed E-state index contributed by atoms with van der Waals surface area (Å²) in [6.07, 6.45) is -0.791. The van der Waals surface area contributed by atoms with E-state index in [4.69, 9.17) is 9.47 Å². The van der Waals surface area contributed by atoms with Gasteiger partial charge in [0.2, 0.25) is 0 Å². The van der Waals surface area contributed by atoms with Gasteiger partial charge in [-0.1, -0.05) is 42.5 Å². The number of esters is 1. The predicted molar refractivity (Wildman–Crippen MR) is 95.2 cm³/mol. The van der Waals surface area contributed by atoms with Crippen molar-refractivity contribution >= 4 is 11.9 Å². The van der Waals surface area contributed by atoms with Crippen LogP contribution in [0.15, 0.2) is 54.6 Å². The molecule has 0 saturated carbocycles. The van der Waals surface area contributed by atoms with Gasteiger partial charge in [0.05, 0.1) is 6.04 Å². The molecule has 0 saturated heterocycles. The van der Waals surface area contributed by atoms with E-state index in [1.165, 1.54) is 0 Å². The Balaban J connectivity index is 1.77. The third kappa shape index (κ3) is 5.95. The first-order valence-electron chi connectivity index (χ1n) is 8.20. The highest BCUT2D eigenvalue weighted by atomic mass is 16.6. The third-order valence-electron chi connectivity index (χ3n) is 3.66. The molecule has 1 amide bonds. The van der Waals surface area contributed by atoms with Gasteiger partial charge < -0.3 is 14.8 Å². The molecule has 5 nitrogen and oxygen atoms in total. The molecule has 0 aromatic heterocycles. The molecule has 1 N–H and O–H groups in total. The maximum atomic E-state index is 12.0. The van der Waals surface area contributed by atoms with Crippen LogP contribution in [-0.2, 0) is 14.3 Å². The van der Waals surface area contributed by atoms with Crippen molar-refractivity contribution in [1.29, 1.82) is 0 Å². The van der Waals surface area contributed by atoms with E-state index in [1.807, 2.05) is 62.4 Å². The fourth-order valence-electron chi connectivity index (χ4n) is 2.30. The maximum absolute atomic E-state index is 12.0. The zero-order chi connectivity index (χ0) is 18.2. The topological polar surface area (TPSA) is 64.6 Å². The van der Waals surface area contributed by atoms with Gasteiger partial charge in [-0.2, -0.15) is 0 Å². The minimum atomic E-state index is -0.791. The molecule has 25 heavy (non-hydrogen) atoms. The third-order valence-corrected chi connectivity index (χ3v) is 3.66. The van der Waals surface area contributed by atoms with Crippen LogP contribution in [0.5, 0.6) is 5.75 Å². The minimum absolute atomic E-state index is 0.159. The van der Waals surface area contributed by atoms with Gasteiger partial charge in [-0.25, -0.2) is 4.79 Å². The molecular formula is C20H23NO4. The van der Waals surface area contributed by atoms with E-state index in [9.17, 15) is 9.59 Å². The molecule has 0 unspecified atom stereocenters. The minimum Gasteiger partial charge on any atom is -0.479 e. The van der Waals surface area contributed by atoms with Gasteiger partial charge in [0.25, 0.3) is 5.91 Å². The lowest BCUT2D eigenvalue weighted by Gasteiger charge is -2.16. The van der Waals surface area contributed by atoms with Gasteiger partial charge in [0.15, 0.2) is 12.7 Å². The lowest BCUT2D eigenvalue weighted by atomic mass is 10.1. The molecule has 0 aliphatic carbocycles. The number of ether oxygens (including phenoxy) is 2. The highest BCUT2D eigenvalue weighted by Crippen LogP contribution is 2.15. The molecule has 132 valence electrons. The Labute approximate surface area is 148 Å². The lowest BCUT2D eigenvalue weighted by Crippen LogP contribution is -2.34. The number of carbonyl (C=O) groups is 2. The highest BCUT2D eigenvalue weighted by molar-refractivity contribution is 5.82. The summed E-state index contributed by atoms with van der Waals surface area (Å²) in [4.78, 5) is 23.9. The molecule has 0 spiro atoms. The van der Waals surface area contributed by atoms with E-state index in [0.717, 1.165) is 11.1 Å². The summed E-state index contributed by atoms with van der Waals surface area (Å²) in [6, 6.07) is 16.8. The highest BCUT2D eigenvalue weighted by Gasteiger charge is 2.18. The van der Waals surface area contributed by atoms with E-state index < -0.39 is 12.1 Å². The van der Waals surface area contributed by atoms with Crippen LogP contribution < -0.4 is 10.1 Å². The number of rotatable bonds is 7. The van der Waals surface area contributed by atoms with Crippen LogP contribution in [0.25, 0.3) is 0 Å². The molecule has 0 bridgehead atoms. The molecule has 2 aromatic carbocycles. The van der Waals surface area contributed by atoms with Crippen molar-refractivity contribution in [3.63, 3.8) is 0 Å². The zero-order valence-corrected chi connectivity index (χ0v) is 14.7. The average Bonchev–Trinajstić information content (AvgIpc) is 2.60. The second kappa shape index (κ2) is 8.87.